The van der Waals surface area contributed by atoms with Gasteiger partial charge in [0.25, 0.3) is 0 Å². The summed E-state index contributed by atoms with van der Waals surface area (Å²) in [5.41, 5.74) is 7.04. The molecular formula is C16H16FNO2S. The zero-order valence-electron chi connectivity index (χ0n) is 11.9. The highest BCUT2D eigenvalue weighted by molar-refractivity contribution is 7.80. The lowest BCUT2D eigenvalue weighted by Gasteiger charge is -2.12. The monoisotopic (exact) mass is 305 g/mol. The van der Waals surface area contributed by atoms with Crippen molar-refractivity contribution in [2.45, 2.75) is 13.3 Å². The number of aryl methyl sites for hydroxylation is 1. The third kappa shape index (κ3) is 3.49. The highest BCUT2D eigenvalue weighted by Crippen LogP contribution is 2.33. The lowest BCUT2D eigenvalue weighted by molar-refractivity contribution is 0.370. The van der Waals surface area contributed by atoms with Crippen molar-refractivity contribution in [1.29, 1.82) is 0 Å². The summed E-state index contributed by atoms with van der Waals surface area (Å²) in [5, 5.41) is 0. The maximum absolute atomic E-state index is 14.0. The highest BCUT2D eigenvalue weighted by atomic mass is 32.1. The Morgan fingerprint density at radius 2 is 1.86 bits per heavy atom. The molecule has 2 rings (SSSR count). The van der Waals surface area contributed by atoms with Crippen molar-refractivity contribution in [3.63, 3.8) is 0 Å². The Labute approximate surface area is 128 Å². The first-order valence-electron chi connectivity index (χ1n) is 6.49. The Morgan fingerprint density at radius 1 is 1.14 bits per heavy atom. The van der Waals surface area contributed by atoms with Crippen LogP contribution in [0.15, 0.2) is 36.4 Å². The number of methoxy groups -OCH3 is 1. The molecule has 0 fully saturated rings. The zero-order chi connectivity index (χ0) is 15.4. The van der Waals surface area contributed by atoms with E-state index < -0.39 is 5.82 Å². The van der Waals surface area contributed by atoms with Crippen LogP contribution in [0, 0.1) is 5.82 Å². The average molecular weight is 305 g/mol. The molecule has 5 heteroatoms. The van der Waals surface area contributed by atoms with E-state index in [9.17, 15) is 4.39 Å². The smallest absolute Gasteiger partial charge is 0.169 e. The first-order valence-corrected chi connectivity index (χ1v) is 6.90. The minimum Gasteiger partial charge on any atom is -0.493 e. The molecule has 2 N–H and O–H groups in total. The second-order valence-corrected chi connectivity index (χ2v) is 4.89. The Hall–Kier alpha value is -2.14. The van der Waals surface area contributed by atoms with Gasteiger partial charge in [0, 0.05) is 5.56 Å². The summed E-state index contributed by atoms with van der Waals surface area (Å²) < 4.78 is 24.9. The predicted molar refractivity (Wildman–Crippen MR) is 84.7 cm³/mol. The fourth-order valence-corrected chi connectivity index (χ4v) is 2.00. The molecule has 2 aromatic carbocycles. The molecule has 21 heavy (non-hydrogen) atoms. The standard InChI is InChI=1S/C16H16FNO2S/c1-3-10-4-6-14(15(8-10)19-2)20-13-7-5-11(16(18)21)9-12(13)17/h4-9H,3H2,1-2H3,(H2,18,21). The van der Waals surface area contributed by atoms with Crippen LogP contribution >= 0.6 is 12.2 Å². The van der Waals surface area contributed by atoms with E-state index >= 15 is 0 Å². The van der Waals surface area contributed by atoms with E-state index in [4.69, 9.17) is 27.4 Å². The number of benzene rings is 2. The second kappa shape index (κ2) is 6.54. The molecule has 0 radical (unpaired) electrons. The number of halogens is 1. The van der Waals surface area contributed by atoms with Crippen molar-refractivity contribution in [3.05, 3.63) is 53.3 Å². The molecule has 0 bridgehead atoms. The van der Waals surface area contributed by atoms with Gasteiger partial charge in [0.05, 0.1) is 7.11 Å². The summed E-state index contributed by atoms with van der Waals surface area (Å²) >= 11 is 4.81. The molecule has 0 aliphatic rings. The van der Waals surface area contributed by atoms with Crippen molar-refractivity contribution in [1.82, 2.24) is 0 Å². The van der Waals surface area contributed by atoms with Gasteiger partial charge in [-0.1, -0.05) is 25.2 Å². The van der Waals surface area contributed by atoms with Gasteiger partial charge in [0.1, 0.15) is 4.99 Å². The SMILES string of the molecule is CCc1ccc(Oc2ccc(C(N)=S)cc2F)c(OC)c1. The molecule has 3 nitrogen and oxygen atoms in total. The van der Waals surface area contributed by atoms with Gasteiger partial charge in [0.15, 0.2) is 23.1 Å². The lowest BCUT2D eigenvalue weighted by Crippen LogP contribution is -2.09. The molecule has 2 aromatic rings. The molecule has 0 heterocycles. The van der Waals surface area contributed by atoms with Crippen LogP contribution in [0.25, 0.3) is 0 Å². The molecular weight excluding hydrogens is 289 g/mol. The van der Waals surface area contributed by atoms with Gasteiger partial charge in [-0.25, -0.2) is 4.39 Å². The molecule has 110 valence electrons. The first kappa shape index (κ1) is 15.3. The van der Waals surface area contributed by atoms with E-state index in [1.807, 2.05) is 19.1 Å². The van der Waals surface area contributed by atoms with Crippen LogP contribution in [0.5, 0.6) is 17.2 Å². The van der Waals surface area contributed by atoms with Crippen LogP contribution in [0.3, 0.4) is 0 Å². The maximum Gasteiger partial charge on any atom is 0.169 e. The fraction of sp³-hybridized carbons (Fsp3) is 0.188. The number of thiocarbonyl (C=S) groups is 1. The van der Waals surface area contributed by atoms with E-state index in [1.165, 1.54) is 12.1 Å². The van der Waals surface area contributed by atoms with Crippen LogP contribution < -0.4 is 15.2 Å². The van der Waals surface area contributed by atoms with Crippen molar-refractivity contribution < 1.29 is 13.9 Å². The Bertz CT molecular complexity index is 673. The van der Waals surface area contributed by atoms with Crippen LogP contribution in [0.1, 0.15) is 18.1 Å². The Morgan fingerprint density at radius 3 is 2.43 bits per heavy atom. The molecule has 0 saturated heterocycles. The van der Waals surface area contributed by atoms with Gasteiger partial charge >= 0.3 is 0 Å². The molecule has 0 aliphatic carbocycles. The maximum atomic E-state index is 14.0. The van der Waals surface area contributed by atoms with Crippen molar-refractivity contribution in [3.8, 4) is 17.2 Å². The molecule has 0 atom stereocenters. The first-order chi connectivity index (χ1) is 10.0. The minimum atomic E-state index is -0.526. The number of hydrogen-bond donors (Lipinski definition) is 1. The summed E-state index contributed by atoms with van der Waals surface area (Å²) in [4.78, 5) is 0.144. The molecule has 0 aromatic heterocycles. The van der Waals surface area contributed by atoms with Crippen molar-refractivity contribution >= 4 is 17.2 Å². The molecule has 0 spiro atoms. The fourth-order valence-electron chi connectivity index (χ4n) is 1.87. The number of hydrogen-bond acceptors (Lipinski definition) is 3. The van der Waals surface area contributed by atoms with E-state index in [-0.39, 0.29) is 10.7 Å². The molecule has 0 amide bonds. The van der Waals surface area contributed by atoms with Gasteiger partial charge in [-0.05, 0) is 42.3 Å². The lowest BCUT2D eigenvalue weighted by atomic mass is 10.1. The number of rotatable bonds is 5. The number of nitrogens with two attached hydrogens (primary N) is 1. The molecule has 0 unspecified atom stereocenters. The Balaban J connectivity index is 2.32. The summed E-state index contributed by atoms with van der Waals surface area (Å²) in [7, 11) is 1.55. The summed E-state index contributed by atoms with van der Waals surface area (Å²) in [6.45, 7) is 2.05. The molecule has 0 aliphatic heterocycles. The quantitative estimate of drug-likeness (QED) is 0.853. The Kier molecular flexibility index (Phi) is 4.75. The van der Waals surface area contributed by atoms with E-state index in [1.54, 1.807) is 19.2 Å². The van der Waals surface area contributed by atoms with E-state index in [2.05, 4.69) is 0 Å². The third-order valence-electron chi connectivity index (χ3n) is 3.07. The van der Waals surface area contributed by atoms with E-state index in [0.29, 0.717) is 17.1 Å². The van der Waals surface area contributed by atoms with Gasteiger partial charge in [0.2, 0.25) is 0 Å². The van der Waals surface area contributed by atoms with Crippen molar-refractivity contribution in [2.24, 2.45) is 5.73 Å². The normalized spacial score (nSPS) is 10.2. The topological polar surface area (TPSA) is 44.5 Å². The van der Waals surface area contributed by atoms with Gasteiger partial charge in [-0.2, -0.15) is 0 Å². The minimum absolute atomic E-state index is 0.0950. The summed E-state index contributed by atoms with van der Waals surface area (Å²) in [6.07, 6.45) is 0.883. The summed E-state index contributed by atoms with van der Waals surface area (Å²) in [6, 6.07) is 9.92. The summed E-state index contributed by atoms with van der Waals surface area (Å²) in [5.74, 6) is 0.586. The zero-order valence-corrected chi connectivity index (χ0v) is 12.7. The average Bonchev–Trinajstić information content (AvgIpc) is 2.49. The highest BCUT2D eigenvalue weighted by Gasteiger charge is 2.11. The number of ether oxygens (including phenoxy) is 2. The van der Waals surface area contributed by atoms with E-state index in [0.717, 1.165) is 12.0 Å². The largest absolute Gasteiger partial charge is 0.493 e. The van der Waals surface area contributed by atoms with Crippen LogP contribution in [-0.4, -0.2) is 12.1 Å². The third-order valence-corrected chi connectivity index (χ3v) is 3.31. The van der Waals surface area contributed by atoms with Gasteiger partial charge in [-0.3, -0.25) is 0 Å². The molecule has 0 saturated carbocycles. The van der Waals surface area contributed by atoms with Gasteiger partial charge in [-0.15, -0.1) is 0 Å². The van der Waals surface area contributed by atoms with Crippen LogP contribution in [-0.2, 0) is 6.42 Å². The van der Waals surface area contributed by atoms with Gasteiger partial charge < -0.3 is 15.2 Å². The second-order valence-electron chi connectivity index (χ2n) is 4.45. The van der Waals surface area contributed by atoms with Crippen LogP contribution in [0.2, 0.25) is 0 Å². The van der Waals surface area contributed by atoms with Crippen molar-refractivity contribution in [2.75, 3.05) is 7.11 Å². The predicted octanol–water partition coefficient (Wildman–Crippen LogP) is 3.82. The van der Waals surface area contributed by atoms with Crippen LogP contribution in [0.4, 0.5) is 4.39 Å².